The summed E-state index contributed by atoms with van der Waals surface area (Å²) in [5.41, 5.74) is 0.161. The van der Waals surface area contributed by atoms with Crippen LogP contribution < -0.4 is 10.9 Å². The van der Waals surface area contributed by atoms with Crippen LogP contribution in [0.3, 0.4) is 0 Å². The maximum Gasteiger partial charge on any atom is 0.287 e. The first-order valence-electron chi connectivity index (χ1n) is 6.40. The van der Waals surface area contributed by atoms with Gasteiger partial charge in [-0.05, 0) is 0 Å². The summed E-state index contributed by atoms with van der Waals surface area (Å²) in [4.78, 5) is 12.0. The Morgan fingerprint density at radius 3 is 3.15 bits per heavy atom. The number of ether oxygens (including phenoxy) is 3. The highest BCUT2D eigenvalue weighted by molar-refractivity contribution is 6.32. The van der Waals surface area contributed by atoms with Gasteiger partial charge in [-0.25, -0.2) is 4.68 Å². The van der Waals surface area contributed by atoms with Crippen LogP contribution in [0.25, 0.3) is 0 Å². The highest BCUT2D eigenvalue weighted by atomic mass is 35.5. The van der Waals surface area contributed by atoms with Gasteiger partial charge in [0.05, 0.1) is 51.0 Å². The lowest BCUT2D eigenvalue weighted by atomic mass is 10.3. The second-order valence-corrected chi connectivity index (χ2v) is 4.72. The van der Waals surface area contributed by atoms with E-state index < -0.39 is 0 Å². The third kappa shape index (κ3) is 3.92. The van der Waals surface area contributed by atoms with E-state index in [1.807, 2.05) is 0 Å². The highest BCUT2D eigenvalue weighted by Crippen LogP contribution is 2.15. The number of methoxy groups -OCH3 is 1. The molecule has 20 heavy (non-hydrogen) atoms. The molecule has 2 rings (SSSR count). The number of rotatable bonds is 6. The van der Waals surface area contributed by atoms with Crippen molar-refractivity contribution in [1.82, 2.24) is 9.78 Å². The molecular formula is C12H18ClN3O4. The zero-order valence-corrected chi connectivity index (χ0v) is 12.1. The molecule has 1 fully saturated rings. The van der Waals surface area contributed by atoms with Crippen LogP contribution in [0, 0.1) is 0 Å². The van der Waals surface area contributed by atoms with Crippen LogP contribution in [0.15, 0.2) is 11.0 Å². The summed E-state index contributed by atoms with van der Waals surface area (Å²) in [6.45, 7) is 3.02. The monoisotopic (exact) mass is 303 g/mol. The lowest BCUT2D eigenvalue weighted by Crippen LogP contribution is -2.34. The van der Waals surface area contributed by atoms with Gasteiger partial charge < -0.3 is 19.5 Å². The van der Waals surface area contributed by atoms with Crippen molar-refractivity contribution >= 4 is 17.3 Å². The molecule has 2 heterocycles. The number of aromatic nitrogens is 2. The minimum atomic E-state index is -0.338. The second-order valence-electron chi connectivity index (χ2n) is 4.34. The predicted octanol–water partition coefficient (Wildman–Crippen LogP) is 0.370. The predicted molar refractivity (Wildman–Crippen MR) is 74.4 cm³/mol. The molecular weight excluding hydrogens is 286 g/mol. The Balaban J connectivity index is 1.97. The van der Waals surface area contributed by atoms with E-state index in [9.17, 15) is 4.79 Å². The molecule has 0 aliphatic carbocycles. The van der Waals surface area contributed by atoms with E-state index in [0.717, 1.165) is 0 Å². The molecule has 0 bridgehead atoms. The van der Waals surface area contributed by atoms with E-state index in [2.05, 4.69) is 10.4 Å². The number of nitrogens with one attached hydrogen (secondary N) is 1. The van der Waals surface area contributed by atoms with E-state index in [4.69, 9.17) is 25.8 Å². The van der Waals surface area contributed by atoms with Gasteiger partial charge in [0, 0.05) is 13.7 Å². The molecule has 0 saturated carbocycles. The molecule has 1 unspecified atom stereocenters. The van der Waals surface area contributed by atoms with Gasteiger partial charge >= 0.3 is 0 Å². The normalized spacial score (nSPS) is 19.0. The highest BCUT2D eigenvalue weighted by Gasteiger charge is 2.15. The third-order valence-corrected chi connectivity index (χ3v) is 3.26. The summed E-state index contributed by atoms with van der Waals surface area (Å²) in [7, 11) is 1.56. The first-order valence-corrected chi connectivity index (χ1v) is 6.78. The van der Waals surface area contributed by atoms with E-state index in [1.165, 1.54) is 10.9 Å². The van der Waals surface area contributed by atoms with Crippen LogP contribution >= 0.6 is 11.6 Å². The summed E-state index contributed by atoms with van der Waals surface area (Å²) in [5.74, 6) is 0. The van der Waals surface area contributed by atoms with Gasteiger partial charge in [-0.2, -0.15) is 5.10 Å². The van der Waals surface area contributed by atoms with Crippen molar-refractivity contribution in [3.8, 4) is 0 Å². The Bertz CT molecular complexity index is 488. The average molecular weight is 304 g/mol. The first kappa shape index (κ1) is 15.2. The van der Waals surface area contributed by atoms with Crippen LogP contribution in [0.2, 0.25) is 5.02 Å². The molecule has 8 heteroatoms. The largest absolute Gasteiger partial charge is 0.383 e. The number of anilines is 1. The summed E-state index contributed by atoms with van der Waals surface area (Å²) in [6, 6.07) is 0. The summed E-state index contributed by atoms with van der Waals surface area (Å²) >= 11 is 6.05. The van der Waals surface area contributed by atoms with Crippen molar-refractivity contribution in [3.05, 3.63) is 21.6 Å². The van der Waals surface area contributed by atoms with E-state index in [1.54, 1.807) is 7.11 Å². The molecule has 0 aromatic carbocycles. The Morgan fingerprint density at radius 2 is 2.45 bits per heavy atom. The molecule has 1 aromatic heterocycles. The maximum atomic E-state index is 12.0. The Morgan fingerprint density at radius 1 is 1.60 bits per heavy atom. The number of halogens is 1. The summed E-state index contributed by atoms with van der Waals surface area (Å²) in [6.07, 6.45) is 1.49. The number of hydrogen-bond acceptors (Lipinski definition) is 6. The van der Waals surface area contributed by atoms with Gasteiger partial charge in [0.25, 0.3) is 5.56 Å². The molecule has 0 spiro atoms. The van der Waals surface area contributed by atoms with E-state index in [-0.39, 0.29) is 16.7 Å². The fourth-order valence-electron chi connectivity index (χ4n) is 1.80. The fourth-order valence-corrected chi connectivity index (χ4v) is 2.02. The summed E-state index contributed by atoms with van der Waals surface area (Å²) in [5, 5.41) is 7.23. The van der Waals surface area contributed by atoms with Gasteiger partial charge in [-0.3, -0.25) is 4.79 Å². The quantitative estimate of drug-likeness (QED) is 0.818. The topological polar surface area (TPSA) is 74.6 Å². The smallest absolute Gasteiger partial charge is 0.287 e. The van der Waals surface area contributed by atoms with Gasteiger partial charge in [0.2, 0.25) is 0 Å². The van der Waals surface area contributed by atoms with E-state index in [0.29, 0.717) is 45.2 Å². The molecule has 1 aliphatic rings. The van der Waals surface area contributed by atoms with Crippen LogP contribution in [0.5, 0.6) is 0 Å². The molecule has 1 aliphatic heterocycles. The molecule has 0 amide bonds. The van der Waals surface area contributed by atoms with Crippen molar-refractivity contribution in [2.75, 3.05) is 45.4 Å². The lowest BCUT2D eigenvalue weighted by molar-refractivity contribution is -0.0818. The van der Waals surface area contributed by atoms with Crippen LogP contribution in [-0.2, 0) is 20.8 Å². The zero-order chi connectivity index (χ0) is 14.4. The van der Waals surface area contributed by atoms with Gasteiger partial charge in [0.15, 0.2) is 0 Å². The lowest BCUT2D eigenvalue weighted by Gasteiger charge is -2.23. The zero-order valence-electron chi connectivity index (χ0n) is 11.3. The van der Waals surface area contributed by atoms with Crippen LogP contribution in [-0.4, -0.2) is 56.0 Å². The average Bonchev–Trinajstić information content (AvgIpc) is 2.49. The van der Waals surface area contributed by atoms with Crippen molar-refractivity contribution in [1.29, 1.82) is 0 Å². The van der Waals surface area contributed by atoms with Crippen molar-refractivity contribution < 1.29 is 14.2 Å². The van der Waals surface area contributed by atoms with Gasteiger partial charge in [-0.1, -0.05) is 11.6 Å². The number of hydrogen-bond donors (Lipinski definition) is 1. The van der Waals surface area contributed by atoms with Crippen LogP contribution in [0.4, 0.5) is 5.69 Å². The second kappa shape index (κ2) is 7.58. The molecule has 1 saturated heterocycles. The molecule has 7 nitrogen and oxygen atoms in total. The SMILES string of the molecule is COCCn1ncc(NCC2COCCO2)c(Cl)c1=O. The Kier molecular flexibility index (Phi) is 5.78. The molecule has 1 aromatic rings. The minimum Gasteiger partial charge on any atom is -0.383 e. The van der Waals surface area contributed by atoms with Gasteiger partial charge in [0.1, 0.15) is 5.02 Å². The van der Waals surface area contributed by atoms with Crippen molar-refractivity contribution in [2.24, 2.45) is 0 Å². The van der Waals surface area contributed by atoms with E-state index >= 15 is 0 Å². The fraction of sp³-hybridized carbons (Fsp3) is 0.667. The van der Waals surface area contributed by atoms with Gasteiger partial charge in [-0.15, -0.1) is 0 Å². The minimum absolute atomic E-state index is 0.0456. The number of nitrogens with zero attached hydrogens (tertiary/aromatic N) is 2. The first-order chi connectivity index (χ1) is 9.72. The Hall–Kier alpha value is -1.15. The Labute approximate surface area is 121 Å². The molecule has 0 radical (unpaired) electrons. The summed E-state index contributed by atoms with van der Waals surface area (Å²) < 4.78 is 17.0. The third-order valence-electron chi connectivity index (χ3n) is 2.90. The molecule has 1 N–H and O–H groups in total. The molecule has 1 atom stereocenters. The van der Waals surface area contributed by atoms with Crippen molar-refractivity contribution in [2.45, 2.75) is 12.6 Å². The van der Waals surface area contributed by atoms with Crippen LogP contribution in [0.1, 0.15) is 0 Å². The maximum absolute atomic E-state index is 12.0. The molecule has 112 valence electrons. The van der Waals surface area contributed by atoms with Crippen molar-refractivity contribution in [3.63, 3.8) is 0 Å². The standard InChI is InChI=1S/C12H18ClN3O4/c1-18-3-2-16-12(17)11(13)10(7-15-16)14-6-9-8-19-4-5-20-9/h7,9,14H,2-6,8H2,1H3.